The topological polar surface area (TPSA) is 65.6 Å². The number of nitrogens with one attached hydrogen (secondary N) is 1. The second kappa shape index (κ2) is 7.38. The molecule has 0 spiro atoms. The molecule has 7 heteroatoms. The monoisotopic (exact) mass is 345 g/mol. The number of carbonyl (C=O) groups excluding carboxylic acids is 2. The fourth-order valence-electron chi connectivity index (χ4n) is 2.93. The van der Waals surface area contributed by atoms with Gasteiger partial charge in [-0.15, -0.1) is 0 Å². The minimum atomic E-state index is -0.502. The zero-order valence-corrected chi connectivity index (χ0v) is 14.0. The van der Waals surface area contributed by atoms with Crippen LogP contribution in [0.1, 0.15) is 27.3 Å². The number of methoxy groups -OCH3 is 1. The largest absolute Gasteiger partial charge is 0.494 e. The SMILES string of the molecule is COc1cc(C(=O)N2CCCN(C(=O)c3ccc[nH]3)CC2)ccc1F. The Hall–Kier alpha value is -2.83. The van der Waals surface area contributed by atoms with Crippen LogP contribution in [-0.4, -0.2) is 59.9 Å². The average molecular weight is 345 g/mol. The van der Waals surface area contributed by atoms with Crippen molar-refractivity contribution in [3.63, 3.8) is 0 Å². The molecule has 6 nitrogen and oxygen atoms in total. The molecule has 1 saturated heterocycles. The van der Waals surface area contributed by atoms with E-state index in [2.05, 4.69) is 4.98 Å². The van der Waals surface area contributed by atoms with Crippen molar-refractivity contribution in [1.82, 2.24) is 14.8 Å². The van der Waals surface area contributed by atoms with E-state index >= 15 is 0 Å². The average Bonchev–Trinajstić information content (AvgIpc) is 3.05. The van der Waals surface area contributed by atoms with Crippen molar-refractivity contribution in [2.24, 2.45) is 0 Å². The lowest BCUT2D eigenvalue weighted by molar-refractivity contribution is 0.0716. The van der Waals surface area contributed by atoms with E-state index in [0.29, 0.717) is 43.9 Å². The van der Waals surface area contributed by atoms with Crippen LogP contribution in [0.5, 0.6) is 5.75 Å². The zero-order valence-electron chi connectivity index (χ0n) is 14.0. The first-order valence-corrected chi connectivity index (χ1v) is 8.15. The predicted octanol–water partition coefficient (Wildman–Crippen LogP) is 2.15. The van der Waals surface area contributed by atoms with Crippen LogP contribution < -0.4 is 4.74 Å². The summed E-state index contributed by atoms with van der Waals surface area (Å²) in [6, 6.07) is 7.60. The molecule has 2 aromatic rings. The molecule has 0 atom stereocenters. The standard InChI is InChI=1S/C18H20FN3O3/c1-25-16-12-13(5-6-14(16)19)17(23)21-8-3-9-22(11-10-21)18(24)15-4-2-7-20-15/h2,4-7,12,20H,3,8-11H2,1H3. The first kappa shape index (κ1) is 17.0. The van der Waals surface area contributed by atoms with Gasteiger partial charge >= 0.3 is 0 Å². The van der Waals surface area contributed by atoms with Crippen molar-refractivity contribution >= 4 is 11.8 Å². The van der Waals surface area contributed by atoms with E-state index in [1.807, 2.05) is 0 Å². The summed E-state index contributed by atoms with van der Waals surface area (Å²) in [4.78, 5) is 31.4. The minimum Gasteiger partial charge on any atom is -0.494 e. The molecule has 2 amide bonds. The van der Waals surface area contributed by atoms with Crippen molar-refractivity contribution in [2.75, 3.05) is 33.3 Å². The number of rotatable bonds is 3. The second-order valence-electron chi connectivity index (χ2n) is 5.87. The lowest BCUT2D eigenvalue weighted by atomic mass is 10.1. The van der Waals surface area contributed by atoms with Gasteiger partial charge in [-0.25, -0.2) is 4.39 Å². The summed E-state index contributed by atoms with van der Waals surface area (Å²) in [6.07, 6.45) is 2.40. The van der Waals surface area contributed by atoms with E-state index in [9.17, 15) is 14.0 Å². The highest BCUT2D eigenvalue weighted by Crippen LogP contribution is 2.20. The third-order valence-electron chi connectivity index (χ3n) is 4.30. The summed E-state index contributed by atoms with van der Waals surface area (Å²) in [6.45, 7) is 2.04. The third kappa shape index (κ3) is 3.65. The highest BCUT2D eigenvalue weighted by Gasteiger charge is 2.24. The van der Waals surface area contributed by atoms with Crippen LogP contribution in [0, 0.1) is 5.82 Å². The first-order valence-electron chi connectivity index (χ1n) is 8.15. The van der Waals surface area contributed by atoms with Gasteiger partial charge in [-0.1, -0.05) is 0 Å². The molecule has 25 heavy (non-hydrogen) atoms. The smallest absolute Gasteiger partial charge is 0.270 e. The Morgan fingerprint density at radius 1 is 1.08 bits per heavy atom. The maximum atomic E-state index is 13.5. The Morgan fingerprint density at radius 2 is 1.80 bits per heavy atom. The van der Waals surface area contributed by atoms with Crippen molar-refractivity contribution in [1.29, 1.82) is 0 Å². The van der Waals surface area contributed by atoms with Gasteiger partial charge in [0.05, 0.1) is 7.11 Å². The predicted molar refractivity (Wildman–Crippen MR) is 90.2 cm³/mol. The quantitative estimate of drug-likeness (QED) is 0.927. The summed E-state index contributed by atoms with van der Waals surface area (Å²) >= 11 is 0. The number of aromatic nitrogens is 1. The van der Waals surface area contributed by atoms with E-state index in [-0.39, 0.29) is 17.6 Å². The van der Waals surface area contributed by atoms with Crippen LogP contribution in [0.3, 0.4) is 0 Å². The van der Waals surface area contributed by atoms with Gasteiger partial charge in [0.2, 0.25) is 0 Å². The maximum absolute atomic E-state index is 13.5. The van der Waals surface area contributed by atoms with Crippen molar-refractivity contribution < 1.29 is 18.7 Å². The number of carbonyl (C=O) groups is 2. The molecule has 132 valence electrons. The zero-order chi connectivity index (χ0) is 17.8. The van der Waals surface area contributed by atoms with Gasteiger partial charge in [0.15, 0.2) is 11.6 Å². The van der Waals surface area contributed by atoms with Gasteiger partial charge in [0.25, 0.3) is 11.8 Å². The maximum Gasteiger partial charge on any atom is 0.270 e. The summed E-state index contributed by atoms with van der Waals surface area (Å²) in [5.74, 6) is -0.711. The Bertz CT molecular complexity index is 761. The highest BCUT2D eigenvalue weighted by molar-refractivity contribution is 5.95. The fourth-order valence-corrected chi connectivity index (χ4v) is 2.93. The highest BCUT2D eigenvalue weighted by atomic mass is 19.1. The van der Waals surface area contributed by atoms with Crippen LogP contribution in [0.25, 0.3) is 0 Å². The second-order valence-corrected chi connectivity index (χ2v) is 5.87. The lowest BCUT2D eigenvalue weighted by Gasteiger charge is -2.22. The number of nitrogens with zero attached hydrogens (tertiary/aromatic N) is 2. The van der Waals surface area contributed by atoms with Gasteiger partial charge < -0.3 is 19.5 Å². The van der Waals surface area contributed by atoms with Crippen LogP contribution in [0.2, 0.25) is 0 Å². The lowest BCUT2D eigenvalue weighted by Crippen LogP contribution is -2.37. The first-order chi connectivity index (χ1) is 12.1. The molecule has 0 radical (unpaired) electrons. The third-order valence-corrected chi connectivity index (χ3v) is 4.30. The van der Waals surface area contributed by atoms with Gasteiger partial charge in [0.1, 0.15) is 5.69 Å². The number of H-pyrrole nitrogens is 1. The van der Waals surface area contributed by atoms with Gasteiger partial charge in [0, 0.05) is 37.9 Å². The number of benzene rings is 1. The van der Waals surface area contributed by atoms with Crippen LogP contribution >= 0.6 is 0 Å². The molecule has 2 heterocycles. The summed E-state index contributed by atoms with van der Waals surface area (Å²) in [7, 11) is 1.36. The molecule has 1 aliphatic heterocycles. The fraction of sp³-hybridized carbons (Fsp3) is 0.333. The number of ether oxygens (including phenoxy) is 1. The molecule has 0 aliphatic carbocycles. The number of hydrogen-bond acceptors (Lipinski definition) is 3. The van der Waals surface area contributed by atoms with Crippen molar-refractivity contribution in [2.45, 2.75) is 6.42 Å². The molecule has 1 fully saturated rings. The number of hydrogen-bond donors (Lipinski definition) is 1. The van der Waals surface area contributed by atoms with Gasteiger partial charge in [-0.2, -0.15) is 0 Å². The van der Waals surface area contributed by atoms with E-state index in [1.165, 1.54) is 25.3 Å². The minimum absolute atomic E-state index is 0.0456. The molecule has 0 bridgehead atoms. The molecular formula is C18H20FN3O3. The van der Waals surface area contributed by atoms with E-state index in [1.54, 1.807) is 28.1 Å². The molecule has 1 aromatic carbocycles. The molecule has 3 rings (SSSR count). The van der Waals surface area contributed by atoms with Crippen molar-refractivity contribution in [3.8, 4) is 5.75 Å². The molecular weight excluding hydrogens is 325 g/mol. The van der Waals surface area contributed by atoms with E-state index in [0.717, 1.165) is 0 Å². The van der Waals surface area contributed by atoms with E-state index < -0.39 is 5.82 Å². The number of aromatic amines is 1. The molecule has 1 aromatic heterocycles. The molecule has 0 unspecified atom stereocenters. The van der Waals surface area contributed by atoms with Crippen LogP contribution in [0.15, 0.2) is 36.5 Å². The normalized spacial score (nSPS) is 15.0. The van der Waals surface area contributed by atoms with Crippen LogP contribution in [0.4, 0.5) is 4.39 Å². The van der Waals surface area contributed by atoms with Gasteiger partial charge in [-0.3, -0.25) is 9.59 Å². The summed E-state index contributed by atoms with van der Waals surface area (Å²) in [5.41, 5.74) is 0.922. The Morgan fingerprint density at radius 3 is 2.44 bits per heavy atom. The summed E-state index contributed by atoms with van der Waals surface area (Å²) < 4.78 is 18.5. The van der Waals surface area contributed by atoms with Gasteiger partial charge in [-0.05, 0) is 36.8 Å². The molecule has 1 N–H and O–H groups in total. The van der Waals surface area contributed by atoms with E-state index in [4.69, 9.17) is 4.74 Å². The molecule has 1 aliphatic rings. The summed E-state index contributed by atoms with van der Waals surface area (Å²) in [5, 5.41) is 0. The number of halogens is 1. The van der Waals surface area contributed by atoms with Crippen molar-refractivity contribution in [3.05, 3.63) is 53.6 Å². The Labute approximate surface area is 145 Å². The Kier molecular flexibility index (Phi) is 5.02. The Balaban J connectivity index is 1.68. The van der Waals surface area contributed by atoms with Crippen LogP contribution in [-0.2, 0) is 0 Å². The molecule has 0 saturated carbocycles. The number of amides is 2.